The highest BCUT2D eigenvalue weighted by Gasteiger charge is 1.99. The van der Waals surface area contributed by atoms with Crippen molar-refractivity contribution in [1.29, 1.82) is 0 Å². The van der Waals surface area contributed by atoms with E-state index in [2.05, 4.69) is 6.58 Å². The van der Waals surface area contributed by atoms with Gasteiger partial charge in [-0.05, 0) is 12.0 Å². The number of aliphatic hydroxyl groups is 1. The smallest absolute Gasteiger partial charge is 0.0971 e. The van der Waals surface area contributed by atoms with Crippen LogP contribution >= 0.6 is 0 Å². The van der Waals surface area contributed by atoms with Crippen molar-refractivity contribution in [2.24, 2.45) is 0 Å². The summed E-state index contributed by atoms with van der Waals surface area (Å²) in [7, 11) is 0. The summed E-state index contributed by atoms with van der Waals surface area (Å²) in [5.74, 6) is 0. The molecule has 0 aromatic heterocycles. The van der Waals surface area contributed by atoms with Crippen LogP contribution < -0.4 is 0 Å². The molecule has 1 rings (SSSR count). The molecule has 13 heavy (non-hydrogen) atoms. The van der Waals surface area contributed by atoms with Gasteiger partial charge in [-0.3, -0.25) is 0 Å². The normalized spacial score (nSPS) is 13.0. The summed E-state index contributed by atoms with van der Waals surface area (Å²) in [6.07, 6.45) is 5.78. The lowest BCUT2D eigenvalue weighted by Crippen LogP contribution is -1.91. The molecule has 0 saturated carbocycles. The van der Waals surface area contributed by atoms with Crippen LogP contribution in [0.15, 0.2) is 55.1 Å². The predicted molar refractivity (Wildman–Crippen MR) is 55.4 cm³/mol. The van der Waals surface area contributed by atoms with E-state index >= 15 is 0 Å². The van der Waals surface area contributed by atoms with Crippen molar-refractivity contribution in [2.75, 3.05) is 0 Å². The van der Waals surface area contributed by atoms with Crippen LogP contribution in [0.2, 0.25) is 0 Å². The molecule has 1 N–H and O–H groups in total. The summed E-state index contributed by atoms with van der Waals surface area (Å²) < 4.78 is 0. The second kappa shape index (κ2) is 5.33. The number of benzene rings is 1. The maximum atomic E-state index is 9.63. The average molecular weight is 174 g/mol. The van der Waals surface area contributed by atoms with Gasteiger partial charge >= 0.3 is 0 Å². The number of aliphatic hydroxyl groups excluding tert-OH is 1. The Labute approximate surface area is 79.0 Å². The Morgan fingerprint density at radius 1 is 1.31 bits per heavy atom. The number of rotatable bonds is 4. The quantitative estimate of drug-likeness (QED) is 0.696. The minimum absolute atomic E-state index is 0.499. The van der Waals surface area contributed by atoms with Gasteiger partial charge < -0.3 is 5.11 Å². The van der Waals surface area contributed by atoms with Crippen LogP contribution in [0, 0.1) is 0 Å². The third-order valence-electron chi connectivity index (χ3n) is 1.76. The molecule has 0 heterocycles. The van der Waals surface area contributed by atoms with Crippen molar-refractivity contribution >= 4 is 0 Å². The minimum atomic E-state index is -0.499. The fraction of sp³-hybridized carbons (Fsp3) is 0.167. The fourth-order valence-corrected chi connectivity index (χ4v) is 1.07. The van der Waals surface area contributed by atoms with E-state index in [-0.39, 0.29) is 0 Å². The number of allylic oxidation sites excluding steroid dienone is 2. The van der Waals surface area contributed by atoms with E-state index in [1.54, 1.807) is 12.2 Å². The Kier molecular flexibility index (Phi) is 4.00. The Morgan fingerprint density at radius 3 is 2.62 bits per heavy atom. The van der Waals surface area contributed by atoms with E-state index in [1.165, 1.54) is 0 Å². The molecule has 1 aromatic rings. The first-order valence-corrected chi connectivity index (χ1v) is 4.35. The molecule has 0 aliphatic carbocycles. The Hall–Kier alpha value is -1.34. The summed E-state index contributed by atoms with van der Waals surface area (Å²) in [6.45, 7) is 3.60. The minimum Gasteiger partial charge on any atom is -0.384 e. The standard InChI is InChI=1S/C12H14O/c1-2-3-5-10-12(13)11-8-6-4-7-9-11/h2,4-10,12-13H,1,3H2/b10-5-. The molecule has 0 aliphatic heterocycles. The van der Waals surface area contributed by atoms with Gasteiger partial charge in [0.05, 0.1) is 6.10 Å². The summed E-state index contributed by atoms with van der Waals surface area (Å²) in [5.41, 5.74) is 0.919. The molecule has 68 valence electrons. The van der Waals surface area contributed by atoms with Gasteiger partial charge in [-0.1, -0.05) is 48.6 Å². The molecule has 0 saturated heterocycles. The Morgan fingerprint density at radius 2 is 2.00 bits per heavy atom. The molecular weight excluding hydrogens is 160 g/mol. The SMILES string of the molecule is C=CC/C=C\C(O)c1ccccc1. The van der Waals surface area contributed by atoms with Gasteiger partial charge in [-0.15, -0.1) is 6.58 Å². The van der Waals surface area contributed by atoms with Gasteiger partial charge in [0.25, 0.3) is 0 Å². The van der Waals surface area contributed by atoms with E-state index in [0.29, 0.717) is 0 Å². The lowest BCUT2D eigenvalue weighted by Gasteiger charge is -2.04. The van der Waals surface area contributed by atoms with E-state index in [4.69, 9.17) is 0 Å². The third kappa shape index (κ3) is 3.26. The lowest BCUT2D eigenvalue weighted by atomic mass is 10.1. The Balaban J connectivity index is 2.58. The highest BCUT2D eigenvalue weighted by molar-refractivity contribution is 5.20. The zero-order valence-corrected chi connectivity index (χ0v) is 7.56. The predicted octanol–water partition coefficient (Wildman–Crippen LogP) is 2.85. The molecule has 0 amide bonds. The number of hydrogen-bond donors (Lipinski definition) is 1. The van der Waals surface area contributed by atoms with Crippen molar-refractivity contribution < 1.29 is 5.11 Å². The summed E-state index contributed by atoms with van der Waals surface area (Å²) in [5, 5.41) is 9.63. The van der Waals surface area contributed by atoms with Gasteiger partial charge in [0, 0.05) is 0 Å². The molecule has 0 aliphatic rings. The molecule has 1 atom stereocenters. The first-order valence-electron chi connectivity index (χ1n) is 4.35. The van der Waals surface area contributed by atoms with Crippen LogP contribution in [0.1, 0.15) is 18.1 Å². The van der Waals surface area contributed by atoms with Crippen molar-refractivity contribution in [3.8, 4) is 0 Å². The summed E-state index contributed by atoms with van der Waals surface area (Å²) >= 11 is 0. The van der Waals surface area contributed by atoms with E-state index < -0.39 is 6.10 Å². The van der Waals surface area contributed by atoms with Gasteiger partial charge in [0.1, 0.15) is 0 Å². The fourth-order valence-electron chi connectivity index (χ4n) is 1.07. The van der Waals surface area contributed by atoms with E-state index in [0.717, 1.165) is 12.0 Å². The third-order valence-corrected chi connectivity index (χ3v) is 1.76. The summed E-state index contributed by atoms with van der Waals surface area (Å²) in [4.78, 5) is 0. The molecule has 1 nitrogen and oxygen atoms in total. The second-order valence-corrected chi connectivity index (χ2v) is 2.81. The second-order valence-electron chi connectivity index (χ2n) is 2.81. The monoisotopic (exact) mass is 174 g/mol. The van der Waals surface area contributed by atoms with Crippen LogP contribution in [0.3, 0.4) is 0 Å². The van der Waals surface area contributed by atoms with E-state index in [1.807, 2.05) is 36.4 Å². The first-order chi connectivity index (χ1) is 6.34. The highest BCUT2D eigenvalue weighted by Crippen LogP contribution is 2.13. The molecule has 1 unspecified atom stereocenters. The zero-order valence-electron chi connectivity index (χ0n) is 7.56. The summed E-state index contributed by atoms with van der Waals surface area (Å²) in [6, 6.07) is 9.58. The van der Waals surface area contributed by atoms with Crippen molar-refractivity contribution in [2.45, 2.75) is 12.5 Å². The van der Waals surface area contributed by atoms with Gasteiger partial charge in [-0.2, -0.15) is 0 Å². The molecule has 0 radical (unpaired) electrons. The largest absolute Gasteiger partial charge is 0.384 e. The number of hydrogen-bond acceptors (Lipinski definition) is 1. The van der Waals surface area contributed by atoms with Crippen LogP contribution in [-0.4, -0.2) is 5.11 Å². The van der Waals surface area contributed by atoms with Gasteiger partial charge in [-0.25, -0.2) is 0 Å². The van der Waals surface area contributed by atoms with Crippen molar-refractivity contribution in [1.82, 2.24) is 0 Å². The topological polar surface area (TPSA) is 20.2 Å². The molecule has 0 fully saturated rings. The zero-order chi connectivity index (χ0) is 9.52. The van der Waals surface area contributed by atoms with E-state index in [9.17, 15) is 5.11 Å². The van der Waals surface area contributed by atoms with Crippen molar-refractivity contribution in [3.05, 3.63) is 60.7 Å². The molecule has 1 aromatic carbocycles. The van der Waals surface area contributed by atoms with Crippen LogP contribution in [0.25, 0.3) is 0 Å². The maximum absolute atomic E-state index is 9.63. The van der Waals surface area contributed by atoms with Crippen LogP contribution in [-0.2, 0) is 0 Å². The van der Waals surface area contributed by atoms with Gasteiger partial charge in [0.15, 0.2) is 0 Å². The highest BCUT2D eigenvalue weighted by atomic mass is 16.3. The van der Waals surface area contributed by atoms with Crippen molar-refractivity contribution in [3.63, 3.8) is 0 Å². The molecule has 0 spiro atoms. The van der Waals surface area contributed by atoms with Crippen LogP contribution in [0.5, 0.6) is 0 Å². The molecular formula is C12H14O. The average Bonchev–Trinajstić information content (AvgIpc) is 2.19. The first kappa shape index (κ1) is 9.75. The molecule has 0 bridgehead atoms. The maximum Gasteiger partial charge on any atom is 0.0971 e. The lowest BCUT2D eigenvalue weighted by molar-refractivity contribution is 0.228. The molecule has 1 heteroatoms. The Bertz CT molecular complexity index is 274. The van der Waals surface area contributed by atoms with Gasteiger partial charge in [0.2, 0.25) is 0 Å². The van der Waals surface area contributed by atoms with Crippen LogP contribution in [0.4, 0.5) is 0 Å².